The van der Waals surface area contributed by atoms with Crippen LogP contribution in [-0.4, -0.2) is 42.9 Å². The standard InChI is InChI=1S/C23H30N2O2S/c1-17-12-18(2)23(19(3)13-17)28-16-22(26)24-14-20-4-6-21(7-5-20)15-25-8-10-27-11-9-25/h4-7,12-13H,8-11,14-16H2,1-3H3,(H,24,26). The predicted octanol–water partition coefficient (Wildman–Crippen LogP) is 3.85. The fourth-order valence-corrected chi connectivity index (χ4v) is 4.51. The van der Waals surface area contributed by atoms with Crippen LogP contribution in [0.5, 0.6) is 0 Å². The molecular weight excluding hydrogens is 368 g/mol. The third-order valence-corrected chi connectivity index (χ3v) is 6.31. The first-order valence-corrected chi connectivity index (χ1v) is 10.8. The lowest BCUT2D eigenvalue weighted by atomic mass is 10.1. The second kappa shape index (κ2) is 10.1. The number of amides is 1. The van der Waals surface area contributed by atoms with Crippen LogP contribution in [0.1, 0.15) is 27.8 Å². The number of ether oxygens (including phenoxy) is 1. The second-order valence-electron chi connectivity index (χ2n) is 7.50. The van der Waals surface area contributed by atoms with Crippen LogP contribution >= 0.6 is 11.8 Å². The van der Waals surface area contributed by atoms with Gasteiger partial charge in [-0.1, -0.05) is 42.0 Å². The number of carbonyl (C=O) groups excluding carboxylic acids is 1. The minimum Gasteiger partial charge on any atom is -0.379 e. The summed E-state index contributed by atoms with van der Waals surface area (Å²) in [5.74, 6) is 0.515. The molecule has 1 aliphatic heterocycles. The molecule has 0 saturated carbocycles. The van der Waals surface area contributed by atoms with Crippen LogP contribution in [-0.2, 0) is 22.6 Å². The van der Waals surface area contributed by atoms with Gasteiger partial charge in [-0.3, -0.25) is 9.69 Å². The third-order valence-electron chi connectivity index (χ3n) is 4.97. The van der Waals surface area contributed by atoms with Gasteiger partial charge in [0.25, 0.3) is 0 Å². The van der Waals surface area contributed by atoms with Crippen molar-refractivity contribution in [3.8, 4) is 0 Å². The van der Waals surface area contributed by atoms with E-state index in [2.05, 4.69) is 67.4 Å². The van der Waals surface area contributed by atoms with Crippen molar-refractivity contribution in [2.75, 3.05) is 32.1 Å². The number of aryl methyl sites for hydroxylation is 3. The first-order chi connectivity index (χ1) is 13.5. The number of benzene rings is 2. The predicted molar refractivity (Wildman–Crippen MR) is 116 cm³/mol. The molecule has 1 fully saturated rings. The van der Waals surface area contributed by atoms with Crippen LogP contribution in [0.2, 0.25) is 0 Å². The van der Waals surface area contributed by atoms with Crippen LogP contribution in [0.15, 0.2) is 41.3 Å². The highest BCUT2D eigenvalue weighted by Crippen LogP contribution is 2.27. The molecule has 150 valence electrons. The average molecular weight is 399 g/mol. The highest BCUT2D eigenvalue weighted by atomic mass is 32.2. The molecular formula is C23H30N2O2S. The monoisotopic (exact) mass is 398 g/mol. The van der Waals surface area contributed by atoms with Crippen molar-refractivity contribution in [1.82, 2.24) is 10.2 Å². The summed E-state index contributed by atoms with van der Waals surface area (Å²) in [7, 11) is 0. The van der Waals surface area contributed by atoms with Gasteiger partial charge in [-0.2, -0.15) is 0 Å². The molecule has 0 spiro atoms. The molecule has 5 heteroatoms. The fourth-order valence-electron chi connectivity index (χ4n) is 3.56. The molecule has 1 amide bonds. The van der Waals surface area contributed by atoms with Gasteiger partial charge < -0.3 is 10.1 Å². The first-order valence-electron chi connectivity index (χ1n) is 9.86. The van der Waals surface area contributed by atoms with Crippen molar-refractivity contribution in [2.24, 2.45) is 0 Å². The summed E-state index contributed by atoms with van der Waals surface area (Å²) in [5, 5.41) is 3.03. The minimum absolute atomic E-state index is 0.0711. The zero-order valence-electron chi connectivity index (χ0n) is 17.1. The topological polar surface area (TPSA) is 41.6 Å². The van der Waals surface area contributed by atoms with Crippen LogP contribution in [0.4, 0.5) is 0 Å². The molecule has 0 aromatic heterocycles. The van der Waals surface area contributed by atoms with Crippen molar-refractivity contribution < 1.29 is 9.53 Å². The Bertz CT molecular complexity index is 776. The molecule has 0 radical (unpaired) electrons. The lowest BCUT2D eigenvalue weighted by molar-refractivity contribution is -0.118. The van der Waals surface area contributed by atoms with E-state index in [4.69, 9.17) is 4.74 Å². The van der Waals surface area contributed by atoms with Crippen LogP contribution in [0.25, 0.3) is 0 Å². The molecule has 1 saturated heterocycles. The average Bonchev–Trinajstić information content (AvgIpc) is 2.67. The van der Waals surface area contributed by atoms with Gasteiger partial charge in [0.05, 0.1) is 19.0 Å². The SMILES string of the molecule is Cc1cc(C)c(SCC(=O)NCc2ccc(CN3CCOCC3)cc2)c(C)c1. The van der Waals surface area contributed by atoms with Gasteiger partial charge in [0.15, 0.2) is 0 Å². The molecule has 0 aliphatic carbocycles. The Morgan fingerprint density at radius 3 is 2.29 bits per heavy atom. The van der Waals surface area contributed by atoms with E-state index in [-0.39, 0.29) is 5.91 Å². The Balaban J connectivity index is 1.44. The van der Waals surface area contributed by atoms with Gasteiger partial charge in [0, 0.05) is 31.1 Å². The number of nitrogens with one attached hydrogen (secondary N) is 1. The van der Waals surface area contributed by atoms with Crippen molar-refractivity contribution in [3.63, 3.8) is 0 Å². The maximum absolute atomic E-state index is 12.3. The summed E-state index contributed by atoms with van der Waals surface area (Å²) >= 11 is 1.62. The summed E-state index contributed by atoms with van der Waals surface area (Å²) < 4.78 is 5.39. The fraction of sp³-hybridized carbons (Fsp3) is 0.435. The Morgan fingerprint density at radius 2 is 1.64 bits per heavy atom. The molecule has 1 N–H and O–H groups in total. The van der Waals surface area contributed by atoms with E-state index in [1.165, 1.54) is 27.1 Å². The summed E-state index contributed by atoms with van der Waals surface area (Å²) in [6, 6.07) is 12.9. The molecule has 1 aliphatic rings. The van der Waals surface area contributed by atoms with Crippen molar-refractivity contribution in [2.45, 2.75) is 38.8 Å². The quantitative estimate of drug-likeness (QED) is 0.720. The Morgan fingerprint density at radius 1 is 1.04 bits per heavy atom. The maximum atomic E-state index is 12.3. The van der Waals surface area contributed by atoms with Gasteiger partial charge in [-0.05, 0) is 43.0 Å². The van der Waals surface area contributed by atoms with Crippen LogP contribution < -0.4 is 5.32 Å². The van der Waals surface area contributed by atoms with Crippen molar-refractivity contribution in [1.29, 1.82) is 0 Å². The number of rotatable bonds is 7. The minimum atomic E-state index is 0.0711. The lowest BCUT2D eigenvalue weighted by Crippen LogP contribution is -2.35. The van der Waals surface area contributed by atoms with Crippen molar-refractivity contribution in [3.05, 3.63) is 64.2 Å². The summed E-state index contributed by atoms with van der Waals surface area (Å²) in [6.45, 7) is 11.5. The van der Waals surface area contributed by atoms with Crippen molar-refractivity contribution >= 4 is 17.7 Å². The van der Waals surface area contributed by atoms with Crippen LogP contribution in [0.3, 0.4) is 0 Å². The zero-order chi connectivity index (χ0) is 19.9. The van der Waals surface area contributed by atoms with Gasteiger partial charge in [-0.25, -0.2) is 0 Å². The van der Waals surface area contributed by atoms with E-state index in [1.807, 2.05) is 0 Å². The van der Waals surface area contributed by atoms with E-state index in [9.17, 15) is 4.79 Å². The van der Waals surface area contributed by atoms with E-state index in [0.29, 0.717) is 12.3 Å². The normalized spacial score (nSPS) is 14.8. The van der Waals surface area contributed by atoms with Crippen LogP contribution in [0, 0.1) is 20.8 Å². The second-order valence-corrected chi connectivity index (χ2v) is 8.48. The molecule has 0 unspecified atom stereocenters. The molecule has 0 atom stereocenters. The number of nitrogens with zero attached hydrogens (tertiary/aromatic N) is 1. The molecule has 28 heavy (non-hydrogen) atoms. The largest absolute Gasteiger partial charge is 0.379 e. The van der Waals surface area contributed by atoms with E-state index in [0.717, 1.165) is 38.4 Å². The highest BCUT2D eigenvalue weighted by molar-refractivity contribution is 8.00. The third kappa shape index (κ3) is 6.09. The Labute approximate surface area is 172 Å². The van der Waals surface area contributed by atoms with E-state index >= 15 is 0 Å². The maximum Gasteiger partial charge on any atom is 0.230 e. The highest BCUT2D eigenvalue weighted by Gasteiger charge is 2.11. The zero-order valence-corrected chi connectivity index (χ0v) is 17.9. The molecule has 3 rings (SSSR count). The van der Waals surface area contributed by atoms with Gasteiger partial charge in [-0.15, -0.1) is 11.8 Å². The number of hydrogen-bond donors (Lipinski definition) is 1. The van der Waals surface area contributed by atoms with E-state index in [1.54, 1.807) is 11.8 Å². The first kappa shape index (κ1) is 20.9. The van der Waals surface area contributed by atoms with Gasteiger partial charge in [0.2, 0.25) is 5.91 Å². The smallest absolute Gasteiger partial charge is 0.230 e. The summed E-state index contributed by atoms with van der Waals surface area (Å²) in [4.78, 5) is 15.9. The molecule has 2 aromatic carbocycles. The summed E-state index contributed by atoms with van der Waals surface area (Å²) in [5.41, 5.74) is 6.18. The molecule has 4 nitrogen and oxygen atoms in total. The molecule has 0 bridgehead atoms. The number of hydrogen-bond acceptors (Lipinski definition) is 4. The molecule has 1 heterocycles. The van der Waals surface area contributed by atoms with Gasteiger partial charge in [0.1, 0.15) is 0 Å². The van der Waals surface area contributed by atoms with Gasteiger partial charge >= 0.3 is 0 Å². The number of carbonyl (C=O) groups is 1. The Hall–Kier alpha value is -1.82. The lowest BCUT2D eigenvalue weighted by Gasteiger charge is -2.26. The number of thioether (sulfide) groups is 1. The molecule has 2 aromatic rings. The van der Waals surface area contributed by atoms with E-state index < -0.39 is 0 Å². The Kier molecular flexibility index (Phi) is 7.54. The summed E-state index contributed by atoms with van der Waals surface area (Å²) in [6.07, 6.45) is 0. The number of morpholine rings is 1.